The van der Waals surface area contributed by atoms with Crippen LogP contribution < -0.4 is 0 Å². The Morgan fingerprint density at radius 1 is 1.19 bits per heavy atom. The van der Waals surface area contributed by atoms with Gasteiger partial charge in [-0.1, -0.05) is 43.2 Å². The molecule has 1 aliphatic heterocycles. The van der Waals surface area contributed by atoms with E-state index >= 15 is 0 Å². The van der Waals surface area contributed by atoms with E-state index in [1.165, 1.54) is 0 Å². The second-order valence-corrected chi connectivity index (χ2v) is 7.47. The predicted octanol–water partition coefficient (Wildman–Crippen LogP) is 2.24. The van der Waals surface area contributed by atoms with E-state index in [9.17, 15) is 14.7 Å². The smallest absolute Gasteiger partial charge is 0.343 e. The molecule has 2 aliphatic rings. The van der Waals surface area contributed by atoms with Gasteiger partial charge in [-0.25, -0.2) is 4.79 Å². The lowest BCUT2D eigenvalue weighted by Gasteiger charge is -2.33. The number of rotatable bonds is 7. The number of benzene rings is 1. The van der Waals surface area contributed by atoms with Crippen LogP contribution in [-0.4, -0.2) is 54.3 Å². The third-order valence-electron chi connectivity index (χ3n) is 5.63. The zero-order valence-corrected chi connectivity index (χ0v) is 15.9. The van der Waals surface area contributed by atoms with Crippen LogP contribution in [0.3, 0.4) is 0 Å². The number of ether oxygens (including phenoxy) is 2. The van der Waals surface area contributed by atoms with E-state index in [0.717, 1.165) is 25.7 Å². The minimum Gasteiger partial charge on any atom is -0.465 e. The summed E-state index contributed by atoms with van der Waals surface area (Å²) in [5.74, 6) is -0.954. The summed E-state index contributed by atoms with van der Waals surface area (Å²) in [5, 5.41) is 11.4. The van der Waals surface area contributed by atoms with Crippen LogP contribution in [0.15, 0.2) is 30.3 Å². The van der Waals surface area contributed by atoms with Gasteiger partial charge in [-0.05, 0) is 31.7 Å². The first-order valence-electron chi connectivity index (χ1n) is 9.91. The van der Waals surface area contributed by atoms with Crippen molar-refractivity contribution >= 4 is 11.9 Å². The topological polar surface area (TPSA) is 76.1 Å². The molecule has 148 valence electrons. The lowest BCUT2D eigenvalue weighted by molar-refractivity contribution is -0.178. The summed E-state index contributed by atoms with van der Waals surface area (Å²) >= 11 is 0. The Bertz CT molecular complexity index is 643. The average Bonchev–Trinajstić information content (AvgIpc) is 3.34. The maximum atomic E-state index is 13.1. The number of aliphatic hydroxyl groups is 1. The maximum absolute atomic E-state index is 13.1. The van der Waals surface area contributed by atoms with Crippen molar-refractivity contribution in [3.63, 3.8) is 0 Å². The van der Waals surface area contributed by atoms with E-state index in [1.807, 2.05) is 23.1 Å². The highest BCUT2D eigenvalue weighted by Gasteiger charge is 2.48. The van der Waals surface area contributed by atoms with Gasteiger partial charge < -0.3 is 14.6 Å². The van der Waals surface area contributed by atoms with Gasteiger partial charge in [0, 0.05) is 19.0 Å². The van der Waals surface area contributed by atoms with Crippen LogP contribution in [0.4, 0.5) is 0 Å². The van der Waals surface area contributed by atoms with E-state index in [4.69, 9.17) is 9.47 Å². The zero-order chi connectivity index (χ0) is 19.3. The highest BCUT2D eigenvalue weighted by Crippen LogP contribution is 2.41. The van der Waals surface area contributed by atoms with Crippen LogP contribution >= 0.6 is 0 Å². The van der Waals surface area contributed by atoms with Crippen molar-refractivity contribution in [2.24, 2.45) is 5.92 Å². The molecular formula is C21H29NO5. The molecule has 0 unspecified atom stereocenters. The molecule has 1 aliphatic carbocycles. The van der Waals surface area contributed by atoms with Gasteiger partial charge >= 0.3 is 11.9 Å². The maximum Gasteiger partial charge on any atom is 0.343 e. The molecule has 3 rings (SSSR count). The molecule has 0 bridgehead atoms. The molecule has 1 saturated carbocycles. The van der Waals surface area contributed by atoms with E-state index in [0.29, 0.717) is 31.7 Å². The fraction of sp³-hybridized carbons (Fsp3) is 0.619. The van der Waals surface area contributed by atoms with Crippen LogP contribution in [0, 0.1) is 5.92 Å². The first kappa shape index (κ1) is 19.8. The Morgan fingerprint density at radius 2 is 1.89 bits per heavy atom. The molecule has 6 heteroatoms. The number of carbonyl (C=O) groups is 2. The Hall–Kier alpha value is -1.92. The van der Waals surface area contributed by atoms with Crippen molar-refractivity contribution in [1.29, 1.82) is 0 Å². The van der Waals surface area contributed by atoms with Gasteiger partial charge in [0.25, 0.3) is 0 Å². The molecule has 2 atom stereocenters. The number of hydrogen-bond acceptors (Lipinski definition) is 6. The first-order chi connectivity index (χ1) is 13.0. The van der Waals surface area contributed by atoms with E-state index in [1.54, 1.807) is 19.1 Å². The van der Waals surface area contributed by atoms with Gasteiger partial charge in [0.1, 0.15) is 6.10 Å². The summed E-state index contributed by atoms with van der Waals surface area (Å²) in [6.45, 7) is 3.49. The summed E-state index contributed by atoms with van der Waals surface area (Å²) in [7, 11) is 0. The predicted molar refractivity (Wildman–Crippen MR) is 99.9 cm³/mol. The molecule has 2 fully saturated rings. The minimum absolute atomic E-state index is 0.121. The molecule has 1 saturated heterocycles. The van der Waals surface area contributed by atoms with Crippen molar-refractivity contribution in [2.75, 3.05) is 26.2 Å². The van der Waals surface area contributed by atoms with E-state index < -0.39 is 11.6 Å². The lowest BCUT2D eigenvalue weighted by atomic mass is 9.80. The van der Waals surface area contributed by atoms with Crippen LogP contribution in [-0.2, 0) is 24.7 Å². The Morgan fingerprint density at radius 3 is 2.56 bits per heavy atom. The van der Waals surface area contributed by atoms with Gasteiger partial charge in [-0.2, -0.15) is 0 Å². The SMILES string of the molecule is CCOC(=O)CN1CC[C@@H](OC(=O)[C@](O)(c2ccccc2)C2CCCC2)C1. The van der Waals surface area contributed by atoms with E-state index in [2.05, 4.69) is 0 Å². The molecular weight excluding hydrogens is 346 g/mol. The molecule has 1 heterocycles. The van der Waals surface area contributed by atoms with Gasteiger partial charge in [0.05, 0.1) is 13.2 Å². The molecule has 1 aromatic rings. The number of carbonyl (C=O) groups excluding carboxylic acids is 2. The van der Waals surface area contributed by atoms with Gasteiger partial charge in [-0.15, -0.1) is 0 Å². The number of nitrogens with zero attached hydrogens (tertiary/aromatic N) is 1. The third kappa shape index (κ3) is 4.50. The Kier molecular flexibility index (Phi) is 6.50. The number of esters is 2. The third-order valence-corrected chi connectivity index (χ3v) is 5.63. The molecule has 0 radical (unpaired) electrons. The summed E-state index contributed by atoms with van der Waals surface area (Å²) < 4.78 is 10.7. The monoisotopic (exact) mass is 375 g/mol. The van der Waals surface area contributed by atoms with Crippen molar-refractivity contribution in [2.45, 2.75) is 50.7 Å². The van der Waals surface area contributed by atoms with Crippen molar-refractivity contribution < 1.29 is 24.2 Å². The molecule has 1 N–H and O–H groups in total. The fourth-order valence-electron chi connectivity index (χ4n) is 4.22. The minimum atomic E-state index is -1.60. The van der Waals surface area contributed by atoms with Gasteiger partial charge in [-0.3, -0.25) is 9.69 Å². The molecule has 1 aromatic carbocycles. The van der Waals surface area contributed by atoms with Crippen molar-refractivity contribution in [3.05, 3.63) is 35.9 Å². The van der Waals surface area contributed by atoms with Gasteiger partial charge in [0.15, 0.2) is 5.60 Å². The highest BCUT2D eigenvalue weighted by molar-refractivity contribution is 5.82. The second-order valence-electron chi connectivity index (χ2n) is 7.47. The largest absolute Gasteiger partial charge is 0.465 e. The van der Waals surface area contributed by atoms with Crippen LogP contribution in [0.1, 0.15) is 44.6 Å². The number of hydrogen-bond donors (Lipinski definition) is 1. The zero-order valence-electron chi connectivity index (χ0n) is 15.9. The highest BCUT2D eigenvalue weighted by atomic mass is 16.6. The van der Waals surface area contributed by atoms with Crippen molar-refractivity contribution in [3.8, 4) is 0 Å². The molecule has 0 aromatic heterocycles. The average molecular weight is 375 g/mol. The second kappa shape index (κ2) is 8.85. The first-order valence-corrected chi connectivity index (χ1v) is 9.91. The summed E-state index contributed by atoms with van der Waals surface area (Å²) in [4.78, 5) is 26.6. The lowest BCUT2D eigenvalue weighted by Crippen LogP contribution is -2.45. The van der Waals surface area contributed by atoms with Crippen molar-refractivity contribution in [1.82, 2.24) is 4.90 Å². The fourth-order valence-corrected chi connectivity index (χ4v) is 4.22. The summed E-state index contributed by atoms with van der Waals surface area (Å²) in [6.07, 6.45) is 4.01. The number of likely N-dealkylation sites (tertiary alicyclic amines) is 1. The molecule has 6 nitrogen and oxygen atoms in total. The summed E-state index contributed by atoms with van der Waals surface area (Å²) in [5.41, 5.74) is -1.00. The molecule has 0 spiro atoms. The standard InChI is InChI=1S/C21H29NO5/c1-2-26-19(23)15-22-13-12-18(14-22)27-20(24)21(25,17-10-6-7-11-17)16-8-4-3-5-9-16/h3-5,8-9,17-18,25H,2,6-7,10-15H2,1H3/t18-,21+/m1/s1. The van der Waals surface area contributed by atoms with Crippen LogP contribution in [0.25, 0.3) is 0 Å². The van der Waals surface area contributed by atoms with Gasteiger partial charge in [0.2, 0.25) is 0 Å². The normalized spacial score (nSPS) is 23.1. The summed E-state index contributed by atoms with van der Waals surface area (Å²) in [6, 6.07) is 9.12. The Labute approximate surface area is 160 Å². The Balaban J connectivity index is 1.66. The quantitative estimate of drug-likeness (QED) is 0.737. The van der Waals surface area contributed by atoms with Crippen LogP contribution in [0.2, 0.25) is 0 Å². The molecule has 0 amide bonds. The van der Waals surface area contributed by atoms with Crippen LogP contribution in [0.5, 0.6) is 0 Å². The van der Waals surface area contributed by atoms with E-state index in [-0.39, 0.29) is 24.5 Å². The molecule has 27 heavy (non-hydrogen) atoms.